The van der Waals surface area contributed by atoms with Crippen LogP contribution in [0, 0.1) is 5.82 Å². The van der Waals surface area contributed by atoms with E-state index in [-0.39, 0.29) is 30.5 Å². The van der Waals surface area contributed by atoms with E-state index in [2.05, 4.69) is 0 Å². The van der Waals surface area contributed by atoms with Gasteiger partial charge in [0.25, 0.3) is 0 Å². The average Bonchev–Trinajstić information content (AvgIpc) is 2.52. The standard InChI is InChI=1S/C17H20FNO3S/c1-14(15-6-3-2-4-7-15)13-23(21,22)19(10-11-20)17-9-5-8-16(18)12-17/h2-9,12,14,20H,10-11,13H2,1H3. The number of rotatable bonds is 7. The maximum absolute atomic E-state index is 13.4. The molecule has 0 aliphatic heterocycles. The van der Waals surface area contributed by atoms with E-state index in [0.717, 1.165) is 15.9 Å². The predicted molar refractivity (Wildman–Crippen MR) is 89.5 cm³/mol. The van der Waals surface area contributed by atoms with Crippen LogP contribution < -0.4 is 4.31 Å². The van der Waals surface area contributed by atoms with Crippen LogP contribution in [-0.4, -0.2) is 32.4 Å². The van der Waals surface area contributed by atoms with E-state index in [1.807, 2.05) is 37.3 Å². The van der Waals surface area contributed by atoms with Gasteiger partial charge in [0.1, 0.15) is 5.82 Å². The number of aliphatic hydroxyl groups excluding tert-OH is 1. The predicted octanol–water partition coefficient (Wildman–Crippen LogP) is 2.76. The minimum atomic E-state index is -3.70. The second-order valence-electron chi connectivity index (χ2n) is 5.37. The van der Waals surface area contributed by atoms with Gasteiger partial charge in [0.2, 0.25) is 10.0 Å². The number of hydrogen-bond acceptors (Lipinski definition) is 3. The summed E-state index contributed by atoms with van der Waals surface area (Å²) in [5.74, 6) is -0.847. The van der Waals surface area contributed by atoms with Gasteiger partial charge in [0.15, 0.2) is 0 Å². The number of anilines is 1. The first-order valence-electron chi connectivity index (χ1n) is 7.36. The third-order valence-corrected chi connectivity index (χ3v) is 5.55. The molecule has 1 unspecified atom stereocenters. The number of hydrogen-bond donors (Lipinski definition) is 1. The number of halogens is 1. The first-order valence-corrected chi connectivity index (χ1v) is 8.97. The molecule has 6 heteroatoms. The number of benzene rings is 2. The molecule has 1 N–H and O–H groups in total. The van der Waals surface area contributed by atoms with Crippen LogP contribution in [0.25, 0.3) is 0 Å². The van der Waals surface area contributed by atoms with Gasteiger partial charge in [-0.2, -0.15) is 0 Å². The SMILES string of the molecule is CC(CS(=O)(=O)N(CCO)c1cccc(F)c1)c1ccccc1. The summed E-state index contributed by atoms with van der Waals surface area (Å²) in [6.45, 7) is 1.39. The lowest BCUT2D eigenvalue weighted by Gasteiger charge is -2.25. The molecule has 0 bridgehead atoms. The summed E-state index contributed by atoms with van der Waals surface area (Å²) >= 11 is 0. The first kappa shape index (κ1) is 17.4. The Balaban J connectivity index is 2.27. The number of aliphatic hydroxyl groups is 1. The van der Waals surface area contributed by atoms with Crippen molar-refractivity contribution in [2.75, 3.05) is 23.2 Å². The molecule has 0 fully saturated rings. The molecule has 4 nitrogen and oxygen atoms in total. The normalized spacial score (nSPS) is 12.8. The molecule has 1 atom stereocenters. The zero-order valence-electron chi connectivity index (χ0n) is 12.9. The van der Waals surface area contributed by atoms with Crippen molar-refractivity contribution in [1.82, 2.24) is 0 Å². The topological polar surface area (TPSA) is 57.6 Å². The molecule has 0 amide bonds. The summed E-state index contributed by atoms with van der Waals surface area (Å²) in [7, 11) is -3.70. The minimum absolute atomic E-state index is 0.104. The fraction of sp³-hybridized carbons (Fsp3) is 0.294. The van der Waals surface area contributed by atoms with E-state index in [9.17, 15) is 17.9 Å². The average molecular weight is 337 g/mol. The molecular weight excluding hydrogens is 317 g/mol. The molecular formula is C17H20FNO3S. The van der Waals surface area contributed by atoms with Gasteiger partial charge in [-0.15, -0.1) is 0 Å². The lowest BCUT2D eigenvalue weighted by Crippen LogP contribution is -2.36. The zero-order valence-corrected chi connectivity index (χ0v) is 13.7. The summed E-state index contributed by atoms with van der Waals surface area (Å²) in [5, 5.41) is 9.18. The Morgan fingerprint density at radius 3 is 2.43 bits per heavy atom. The van der Waals surface area contributed by atoms with Gasteiger partial charge in [-0.3, -0.25) is 4.31 Å². The molecule has 23 heavy (non-hydrogen) atoms. The lowest BCUT2D eigenvalue weighted by molar-refractivity contribution is 0.306. The van der Waals surface area contributed by atoms with Crippen molar-refractivity contribution in [2.45, 2.75) is 12.8 Å². The van der Waals surface area contributed by atoms with Gasteiger partial charge in [0.05, 0.1) is 24.6 Å². The summed E-state index contributed by atoms with van der Waals surface area (Å²) < 4.78 is 39.9. The van der Waals surface area contributed by atoms with E-state index < -0.39 is 15.8 Å². The quantitative estimate of drug-likeness (QED) is 0.845. The highest BCUT2D eigenvalue weighted by Gasteiger charge is 2.25. The van der Waals surface area contributed by atoms with Crippen molar-refractivity contribution in [1.29, 1.82) is 0 Å². The maximum Gasteiger partial charge on any atom is 0.235 e. The first-order chi connectivity index (χ1) is 10.9. The molecule has 0 saturated carbocycles. The van der Waals surface area contributed by atoms with Crippen molar-refractivity contribution in [3.8, 4) is 0 Å². The molecule has 0 heterocycles. The Labute approximate surface area is 136 Å². The van der Waals surface area contributed by atoms with Gasteiger partial charge in [-0.05, 0) is 29.7 Å². The number of sulfonamides is 1. The van der Waals surface area contributed by atoms with Crippen LogP contribution in [0.5, 0.6) is 0 Å². The van der Waals surface area contributed by atoms with Crippen molar-refractivity contribution in [2.24, 2.45) is 0 Å². The van der Waals surface area contributed by atoms with Crippen LogP contribution in [0.15, 0.2) is 54.6 Å². The van der Waals surface area contributed by atoms with E-state index >= 15 is 0 Å². The van der Waals surface area contributed by atoms with Gasteiger partial charge in [-0.1, -0.05) is 43.3 Å². The second kappa shape index (κ2) is 7.57. The van der Waals surface area contributed by atoms with Crippen molar-refractivity contribution in [3.63, 3.8) is 0 Å². The van der Waals surface area contributed by atoms with Gasteiger partial charge in [0, 0.05) is 0 Å². The van der Waals surface area contributed by atoms with Gasteiger partial charge in [-0.25, -0.2) is 12.8 Å². The Morgan fingerprint density at radius 2 is 1.83 bits per heavy atom. The minimum Gasteiger partial charge on any atom is -0.394 e. The summed E-state index contributed by atoms with van der Waals surface area (Å²) in [6.07, 6.45) is 0. The molecule has 2 aromatic rings. The van der Waals surface area contributed by atoms with Crippen LogP contribution in [0.4, 0.5) is 10.1 Å². The Hall–Kier alpha value is -1.92. The molecule has 2 aromatic carbocycles. The highest BCUT2D eigenvalue weighted by atomic mass is 32.2. The van der Waals surface area contributed by atoms with Crippen molar-refractivity contribution < 1.29 is 17.9 Å². The van der Waals surface area contributed by atoms with Gasteiger partial charge >= 0.3 is 0 Å². The van der Waals surface area contributed by atoms with E-state index in [1.54, 1.807) is 0 Å². The summed E-state index contributed by atoms with van der Waals surface area (Å²) in [6, 6.07) is 14.7. The van der Waals surface area contributed by atoms with Crippen LogP contribution in [-0.2, 0) is 10.0 Å². The third-order valence-electron chi connectivity index (χ3n) is 3.56. The highest BCUT2D eigenvalue weighted by Crippen LogP contribution is 2.23. The molecule has 0 radical (unpaired) electrons. The highest BCUT2D eigenvalue weighted by molar-refractivity contribution is 7.92. The molecule has 0 saturated heterocycles. The van der Waals surface area contributed by atoms with Crippen molar-refractivity contribution in [3.05, 3.63) is 66.0 Å². The lowest BCUT2D eigenvalue weighted by atomic mass is 10.0. The Bertz CT molecular complexity index is 735. The summed E-state index contributed by atoms with van der Waals surface area (Å²) in [4.78, 5) is 0. The molecule has 124 valence electrons. The third kappa shape index (κ3) is 4.53. The fourth-order valence-electron chi connectivity index (χ4n) is 2.43. The summed E-state index contributed by atoms with van der Waals surface area (Å²) in [5.41, 5.74) is 1.14. The second-order valence-corrected chi connectivity index (χ2v) is 7.30. The maximum atomic E-state index is 13.4. The van der Waals surface area contributed by atoms with E-state index in [1.165, 1.54) is 18.2 Å². The van der Waals surface area contributed by atoms with Crippen LogP contribution >= 0.6 is 0 Å². The van der Waals surface area contributed by atoms with Crippen LogP contribution in [0.3, 0.4) is 0 Å². The Morgan fingerprint density at radius 1 is 1.13 bits per heavy atom. The smallest absolute Gasteiger partial charge is 0.235 e. The van der Waals surface area contributed by atoms with Gasteiger partial charge < -0.3 is 5.11 Å². The van der Waals surface area contributed by atoms with E-state index in [0.29, 0.717) is 0 Å². The fourth-order valence-corrected chi connectivity index (χ4v) is 4.23. The number of nitrogens with zero attached hydrogens (tertiary/aromatic N) is 1. The van der Waals surface area contributed by atoms with Crippen LogP contribution in [0.2, 0.25) is 0 Å². The van der Waals surface area contributed by atoms with Crippen LogP contribution in [0.1, 0.15) is 18.4 Å². The molecule has 2 rings (SSSR count). The van der Waals surface area contributed by atoms with E-state index in [4.69, 9.17) is 0 Å². The molecule has 0 aliphatic carbocycles. The molecule has 0 aliphatic rings. The largest absolute Gasteiger partial charge is 0.394 e. The molecule has 0 aromatic heterocycles. The Kier molecular flexibility index (Phi) is 5.74. The molecule has 0 spiro atoms. The monoisotopic (exact) mass is 337 g/mol. The zero-order chi connectivity index (χ0) is 16.9. The van der Waals surface area contributed by atoms with Crippen molar-refractivity contribution >= 4 is 15.7 Å².